The molecule has 34 heavy (non-hydrogen) atoms. The lowest BCUT2D eigenvalue weighted by atomic mass is 9.44. The molecule has 0 saturated heterocycles. The van der Waals surface area contributed by atoms with Gasteiger partial charge in [-0.15, -0.1) is 0 Å². The van der Waals surface area contributed by atoms with Gasteiger partial charge < -0.3 is 9.53 Å². The lowest BCUT2D eigenvalue weighted by Gasteiger charge is -2.62. The molecule has 0 radical (unpaired) electrons. The maximum absolute atomic E-state index is 11.5. The van der Waals surface area contributed by atoms with E-state index in [1.165, 1.54) is 70.6 Å². The Bertz CT molecular complexity index is 713. The van der Waals surface area contributed by atoms with E-state index >= 15 is 0 Å². The molecule has 2 nitrogen and oxygen atoms in total. The highest BCUT2D eigenvalue weighted by atomic mass is 28.4. The van der Waals surface area contributed by atoms with Gasteiger partial charge in [-0.25, -0.2) is 0 Å². The zero-order chi connectivity index (χ0) is 25.0. The van der Waals surface area contributed by atoms with E-state index in [4.69, 9.17) is 4.43 Å². The molecule has 0 unspecified atom stereocenters. The Labute approximate surface area is 213 Å². The monoisotopic (exact) mass is 490 g/mol. The van der Waals surface area contributed by atoms with Crippen LogP contribution in [-0.2, 0) is 4.43 Å². The molecule has 0 aliphatic heterocycles. The van der Waals surface area contributed by atoms with Crippen LogP contribution < -0.4 is 0 Å². The van der Waals surface area contributed by atoms with E-state index in [1.807, 2.05) is 0 Å². The molecular formula is C31H58O2Si. The molecule has 4 saturated carbocycles. The van der Waals surface area contributed by atoms with Crippen LogP contribution in [0.1, 0.15) is 131 Å². The van der Waals surface area contributed by atoms with E-state index in [1.54, 1.807) is 0 Å². The summed E-state index contributed by atoms with van der Waals surface area (Å²) in [6.07, 6.45) is 18.2. The third-order valence-corrected chi connectivity index (χ3v) is 17.0. The van der Waals surface area contributed by atoms with Crippen LogP contribution in [0.4, 0.5) is 0 Å². The predicted octanol–water partition coefficient (Wildman–Crippen LogP) is 9.12. The third kappa shape index (κ3) is 4.73. The Morgan fingerprint density at radius 3 is 2.24 bits per heavy atom. The summed E-state index contributed by atoms with van der Waals surface area (Å²) in [7, 11) is -1.74. The Morgan fingerprint density at radius 2 is 1.56 bits per heavy atom. The van der Waals surface area contributed by atoms with Gasteiger partial charge in [0.05, 0.1) is 11.7 Å². The fourth-order valence-corrected chi connectivity index (χ4v) is 10.6. The van der Waals surface area contributed by atoms with Crippen LogP contribution in [0.3, 0.4) is 0 Å². The Morgan fingerprint density at radius 1 is 0.853 bits per heavy atom. The summed E-state index contributed by atoms with van der Waals surface area (Å²) < 4.78 is 7.14. The molecular weight excluding hydrogens is 432 g/mol. The molecule has 0 aromatic heterocycles. The van der Waals surface area contributed by atoms with E-state index in [0.717, 1.165) is 42.9 Å². The Balaban J connectivity index is 1.44. The highest BCUT2D eigenvalue weighted by Crippen LogP contribution is 2.67. The van der Waals surface area contributed by atoms with Gasteiger partial charge in [-0.3, -0.25) is 0 Å². The molecule has 4 rings (SSSR count). The molecule has 0 spiro atoms. The molecule has 0 amide bonds. The molecule has 8 atom stereocenters. The minimum absolute atomic E-state index is 0.291. The van der Waals surface area contributed by atoms with Gasteiger partial charge in [0.1, 0.15) is 0 Å². The molecule has 1 N–H and O–H groups in total. The summed E-state index contributed by atoms with van der Waals surface area (Å²) in [5, 5.41) is 11.8. The van der Waals surface area contributed by atoms with Crippen molar-refractivity contribution in [3.05, 3.63) is 0 Å². The molecule has 0 aromatic carbocycles. The number of unbranched alkanes of at least 4 members (excludes halogenated alkanes) is 3. The normalized spacial score (nSPS) is 44.9. The summed E-state index contributed by atoms with van der Waals surface area (Å²) in [5.74, 6) is 3.36. The van der Waals surface area contributed by atoms with Gasteiger partial charge in [-0.1, -0.05) is 67.2 Å². The molecule has 4 aliphatic rings. The van der Waals surface area contributed by atoms with E-state index in [0.29, 0.717) is 22.0 Å². The van der Waals surface area contributed by atoms with Crippen molar-refractivity contribution in [2.24, 2.45) is 34.5 Å². The first-order valence-corrected chi connectivity index (χ1v) is 18.1. The smallest absolute Gasteiger partial charge is 0.192 e. The second-order valence-electron chi connectivity index (χ2n) is 15.4. The van der Waals surface area contributed by atoms with Gasteiger partial charge >= 0.3 is 0 Å². The predicted molar refractivity (Wildman–Crippen MR) is 148 cm³/mol. The zero-order valence-corrected chi connectivity index (χ0v) is 25.1. The molecule has 4 fully saturated rings. The average Bonchev–Trinajstić information content (AvgIpc) is 3.07. The zero-order valence-electron chi connectivity index (χ0n) is 24.1. The third-order valence-electron chi connectivity index (χ3n) is 12.5. The maximum Gasteiger partial charge on any atom is 0.192 e. The molecule has 198 valence electrons. The largest absolute Gasteiger partial charge is 0.413 e. The molecule has 3 heteroatoms. The fourth-order valence-electron chi connectivity index (χ4n) is 9.11. The van der Waals surface area contributed by atoms with Gasteiger partial charge in [0.2, 0.25) is 0 Å². The van der Waals surface area contributed by atoms with Crippen molar-refractivity contribution in [1.82, 2.24) is 0 Å². The molecule has 0 aromatic rings. The number of fused-ring (bicyclic) bond motifs is 5. The van der Waals surface area contributed by atoms with E-state index in [9.17, 15) is 5.11 Å². The van der Waals surface area contributed by atoms with E-state index < -0.39 is 8.32 Å². The van der Waals surface area contributed by atoms with Crippen LogP contribution in [0.25, 0.3) is 0 Å². The van der Waals surface area contributed by atoms with Crippen LogP contribution >= 0.6 is 0 Å². The van der Waals surface area contributed by atoms with E-state index in [-0.39, 0.29) is 5.60 Å². The van der Waals surface area contributed by atoms with Crippen molar-refractivity contribution in [2.45, 2.75) is 161 Å². The number of aliphatic hydroxyl groups is 1. The van der Waals surface area contributed by atoms with Crippen LogP contribution in [0.5, 0.6) is 0 Å². The maximum atomic E-state index is 11.5. The van der Waals surface area contributed by atoms with Gasteiger partial charge in [0.25, 0.3) is 0 Å². The first-order valence-electron chi connectivity index (χ1n) is 15.2. The van der Waals surface area contributed by atoms with E-state index in [2.05, 4.69) is 54.6 Å². The highest BCUT2D eigenvalue weighted by Gasteiger charge is 2.62. The standard InChI is InChI=1S/C31H58O2Si/c1-9-10-11-12-18-31(32)21-20-29(5)23(22-31)13-14-24-25-15-16-27(30(25,6)19-17-26(24)29)33-34(7,8)28(2,3)4/h23-27,32H,9-22H2,1-8H3/t23-,24-,25-,26-,27-,29-,30-,31+/m0/s1. The van der Waals surface area contributed by atoms with Gasteiger partial charge in [-0.2, -0.15) is 0 Å². The lowest BCUT2D eigenvalue weighted by Crippen LogP contribution is -2.57. The fraction of sp³-hybridized carbons (Fsp3) is 1.00. The Hall–Kier alpha value is 0.137. The SMILES string of the molecule is CCCCCC[C@@]1(O)CC[C@@]2(C)[C@@H](CC[C@@H]3[C@@H]2CC[C@]2(C)[C@@H](O[Si](C)(C)C(C)(C)C)CC[C@@H]32)C1. The quantitative estimate of drug-likeness (QED) is 0.285. The van der Waals surface area contributed by atoms with Gasteiger partial charge in [-0.05, 0) is 117 Å². The van der Waals surface area contributed by atoms with Crippen LogP contribution in [0.2, 0.25) is 18.1 Å². The Kier molecular flexibility index (Phi) is 7.56. The second kappa shape index (κ2) is 9.46. The average molecular weight is 491 g/mol. The number of hydrogen-bond acceptors (Lipinski definition) is 2. The van der Waals surface area contributed by atoms with Crippen molar-refractivity contribution < 1.29 is 9.53 Å². The van der Waals surface area contributed by atoms with Crippen LogP contribution in [0, 0.1) is 34.5 Å². The summed E-state index contributed by atoms with van der Waals surface area (Å²) in [4.78, 5) is 0. The van der Waals surface area contributed by atoms with Crippen molar-refractivity contribution in [3.8, 4) is 0 Å². The summed E-state index contributed by atoms with van der Waals surface area (Å²) in [6, 6.07) is 0. The first kappa shape index (κ1) is 27.2. The molecule has 4 aliphatic carbocycles. The minimum Gasteiger partial charge on any atom is -0.413 e. The summed E-state index contributed by atoms with van der Waals surface area (Å²) in [5.41, 5.74) is 0.468. The second-order valence-corrected chi connectivity index (χ2v) is 20.1. The van der Waals surface area contributed by atoms with Crippen molar-refractivity contribution in [2.75, 3.05) is 0 Å². The number of rotatable bonds is 7. The van der Waals surface area contributed by atoms with Crippen molar-refractivity contribution in [1.29, 1.82) is 0 Å². The summed E-state index contributed by atoms with van der Waals surface area (Å²) in [6.45, 7) is 19.6. The molecule has 0 bridgehead atoms. The first-order chi connectivity index (χ1) is 15.8. The topological polar surface area (TPSA) is 29.5 Å². The lowest BCUT2D eigenvalue weighted by molar-refractivity contribution is -0.155. The number of hydrogen-bond donors (Lipinski definition) is 1. The van der Waals surface area contributed by atoms with Gasteiger partial charge in [0.15, 0.2) is 8.32 Å². The highest BCUT2D eigenvalue weighted by molar-refractivity contribution is 6.74. The van der Waals surface area contributed by atoms with Crippen LogP contribution in [-0.4, -0.2) is 25.1 Å². The summed E-state index contributed by atoms with van der Waals surface area (Å²) >= 11 is 0. The minimum atomic E-state index is -1.74. The van der Waals surface area contributed by atoms with Crippen molar-refractivity contribution in [3.63, 3.8) is 0 Å². The van der Waals surface area contributed by atoms with Crippen LogP contribution in [0.15, 0.2) is 0 Å². The van der Waals surface area contributed by atoms with Gasteiger partial charge in [0, 0.05) is 0 Å². The van der Waals surface area contributed by atoms with Crippen molar-refractivity contribution >= 4 is 8.32 Å². The molecule has 0 heterocycles.